The fourth-order valence-electron chi connectivity index (χ4n) is 1.30. The van der Waals surface area contributed by atoms with Crippen LogP contribution in [-0.4, -0.2) is 17.6 Å². The van der Waals surface area contributed by atoms with Crippen LogP contribution in [0.4, 0.5) is 8.78 Å². The lowest BCUT2D eigenvalue weighted by molar-refractivity contribution is -0.142. The summed E-state index contributed by atoms with van der Waals surface area (Å²) < 4.78 is 30.3. The number of ether oxygens (including phenoxy) is 1. The average molecular weight is 319 g/mol. The first kappa shape index (κ1) is 14.5. The first-order chi connectivity index (χ1) is 8.49. The number of carbonyl (C=O) groups excluding carboxylic acids is 1. The molecule has 1 heterocycles. The normalized spacial score (nSPS) is 10.2. The van der Waals surface area contributed by atoms with Gasteiger partial charge in [-0.1, -0.05) is 0 Å². The fourth-order valence-corrected chi connectivity index (χ4v) is 1.86. The van der Waals surface area contributed by atoms with E-state index in [4.69, 9.17) is 10.00 Å². The molecule has 0 aliphatic heterocycles. The van der Waals surface area contributed by atoms with Gasteiger partial charge in [0.05, 0.1) is 24.3 Å². The number of nitriles is 1. The topological polar surface area (TPSA) is 63.0 Å². The Morgan fingerprint density at radius 2 is 2.33 bits per heavy atom. The van der Waals surface area contributed by atoms with E-state index in [1.54, 1.807) is 13.0 Å². The molecule has 0 saturated heterocycles. The maximum atomic E-state index is 12.7. The second-order valence-corrected chi connectivity index (χ2v) is 4.10. The van der Waals surface area contributed by atoms with Gasteiger partial charge in [0, 0.05) is 4.47 Å². The molecule has 0 spiro atoms. The van der Waals surface area contributed by atoms with Crippen molar-refractivity contribution in [2.75, 3.05) is 6.61 Å². The van der Waals surface area contributed by atoms with Gasteiger partial charge in [0.25, 0.3) is 6.43 Å². The van der Waals surface area contributed by atoms with Crippen molar-refractivity contribution < 1.29 is 18.3 Å². The van der Waals surface area contributed by atoms with Crippen LogP contribution < -0.4 is 0 Å². The lowest BCUT2D eigenvalue weighted by atomic mass is 10.1. The van der Waals surface area contributed by atoms with Gasteiger partial charge in [-0.2, -0.15) is 5.26 Å². The van der Waals surface area contributed by atoms with E-state index in [0.29, 0.717) is 0 Å². The Bertz CT molecular complexity index is 501. The van der Waals surface area contributed by atoms with E-state index in [9.17, 15) is 13.6 Å². The third kappa shape index (κ3) is 3.47. The summed E-state index contributed by atoms with van der Waals surface area (Å²) in [6.07, 6.45) is -3.09. The molecule has 0 aliphatic carbocycles. The predicted octanol–water partition coefficient (Wildman–Crippen LogP) is 2.76. The molecule has 1 aromatic heterocycles. The molecule has 0 saturated carbocycles. The van der Waals surface area contributed by atoms with Gasteiger partial charge in [-0.05, 0) is 28.9 Å². The number of pyridine rings is 1. The minimum atomic E-state index is -2.88. The Morgan fingerprint density at radius 1 is 1.67 bits per heavy atom. The number of hydrogen-bond acceptors (Lipinski definition) is 4. The van der Waals surface area contributed by atoms with E-state index >= 15 is 0 Å². The maximum absolute atomic E-state index is 12.7. The van der Waals surface area contributed by atoms with Gasteiger partial charge >= 0.3 is 5.97 Å². The van der Waals surface area contributed by atoms with Crippen molar-refractivity contribution in [1.82, 2.24) is 4.98 Å². The number of aromatic nitrogens is 1. The molecule has 1 rings (SSSR count). The van der Waals surface area contributed by atoms with Gasteiger partial charge in [-0.3, -0.25) is 4.79 Å². The predicted molar refractivity (Wildman–Crippen MR) is 61.9 cm³/mol. The Hall–Kier alpha value is -1.55. The Morgan fingerprint density at radius 3 is 2.83 bits per heavy atom. The summed E-state index contributed by atoms with van der Waals surface area (Å²) in [5.41, 5.74) is -0.724. The summed E-state index contributed by atoms with van der Waals surface area (Å²) in [5, 5.41) is 8.76. The minimum Gasteiger partial charge on any atom is -0.466 e. The highest BCUT2D eigenvalue weighted by Gasteiger charge is 2.20. The molecule has 1 aromatic rings. The molecule has 0 amide bonds. The quantitative estimate of drug-likeness (QED) is 0.801. The SMILES string of the molecule is CCOC(=O)Cc1cc(Br)c(C#N)c(C(F)F)n1. The smallest absolute Gasteiger partial charge is 0.311 e. The van der Waals surface area contributed by atoms with Crippen molar-refractivity contribution in [2.45, 2.75) is 19.8 Å². The summed E-state index contributed by atoms with van der Waals surface area (Å²) in [5.74, 6) is -0.554. The zero-order valence-electron chi connectivity index (χ0n) is 9.41. The van der Waals surface area contributed by atoms with Crippen LogP contribution in [0.3, 0.4) is 0 Å². The van der Waals surface area contributed by atoms with Gasteiger partial charge < -0.3 is 4.74 Å². The van der Waals surface area contributed by atoms with Crippen molar-refractivity contribution in [2.24, 2.45) is 0 Å². The summed E-state index contributed by atoms with van der Waals surface area (Å²) in [4.78, 5) is 14.9. The Balaban J connectivity index is 3.10. The second kappa shape index (κ2) is 6.40. The van der Waals surface area contributed by atoms with Crippen LogP contribution in [-0.2, 0) is 16.0 Å². The molecule has 0 aliphatic rings. The van der Waals surface area contributed by atoms with Crippen LogP contribution in [0.25, 0.3) is 0 Å². The van der Waals surface area contributed by atoms with Crippen molar-refractivity contribution in [3.05, 3.63) is 27.5 Å². The van der Waals surface area contributed by atoms with E-state index < -0.39 is 18.1 Å². The van der Waals surface area contributed by atoms with E-state index in [1.165, 1.54) is 6.07 Å². The molecule has 0 N–H and O–H groups in total. The lowest BCUT2D eigenvalue weighted by Gasteiger charge is -2.07. The summed E-state index contributed by atoms with van der Waals surface area (Å²) in [6, 6.07) is 3.01. The van der Waals surface area contributed by atoms with E-state index in [-0.39, 0.29) is 28.8 Å². The van der Waals surface area contributed by atoms with Crippen LogP contribution in [0.5, 0.6) is 0 Å². The molecule has 7 heteroatoms. The molecule has 0 aromatic carbocycles. The van der Waals surface area contributed by atoms with Gasteiger partial charge in [0.2, 0.25) is 0 Å². The summed E-state index contributed by atoms with van der Waals surface area (Å²) >= 11 is 3.01. The number of carbonyl (C=O) groups is 1. The van der Waals surface area contributed by atoms with Crippen LogP contribution >= 0.6 is 15.9 Å². The first-order valence-electron chi connectivity index (χ1n) is 5.02. The molecule has 0 bridgehead atoms. The van der Waals surface area contributed by atoms with Crippen molar-refractivity contribution >= 4 is 21.9 Å². The number of halogens is 3. The molecular weight excluding hydrogens is 310 g/mol. The summed E-state index contributed by atoms with van der Waals surface area (Å²) in [6.45, 7) is 1.85. The molecular formula is C11H9BrF2N2O2. The van der Waals surface area contributed by atoms with Crippen LogP contribution in [0.1, 0.15) is 30.3 Å². The monoisotopic (exact) mass is 318 g/mol. The highest BCUT2D eigenvalue weighted by atomic mass is 79.9. The van der Waals surface area contributed by atoms with Crippen LogP contribution in [0.2, 0.25) is 0 Å². The maximum Gasteiger partial charge on any atom is 0.311 e. The van der Waals surface area contributed by atoms with Crippen molar-refractivity contribution in [3.63, 3.8) is 0 Å². The van der Waals surface area contributed by atoms with Gasteiger partial charge in [0.15, 0.2) is 0 Å². The molecule has 0 atom stereocenters. The number of hydrogen-bond donors (Lipinski definition) is 0. The number of rotatable bonds is 4. The molecule has 0 radical (unpaired) electrons. The second-order valence-electron chi connectivity index (χ2n) is 3.25. The van der Waals surface area contributed by atoms with Crippen molar-refractivity contribution in [3.8, 4) is 6.07 Å². The average Bonchev–Trinajstić information content (AvgIpc) is 2.28. The molecule has 0 unspecified atom stereocenters. The third-order valence-corrected chi connectivity index (χ3v) is 2.63. The highest BCUT2D eigenvalue weighted by Crippen LogP contribution is 2.27. The molecule has 0 fully saturated rings. The van der Waals surface area contributed by atoms with Crippen LogP contribution in [0.15, 0.2) is 10.5 Å². The molecule has 4 nitrogen and oxygen atoms in total. The van der Waals surface area contributed by atoms with E-state index in [1.807, 2.05) is 0 Å². The standard InChI is InChI=1S/C11H9BrF2N2O2/c1-2-18-9(17)4-6-3-8(12)7(5-15)10(16-6)11(13)14/h3,11H,2,4H2,1H3. The Labute approximate surface area is 111 Å². The van der Waals surface area contributed by atoms with E-state index in [0.717, 1.165) is 0 Å². The largest absolute Gasteiger partial charge is 0.466 e. The first-order valence-corrected chi connectivity index (χ1v) is 5.82. The van der Waals surface area contributed by atoms with Gasteiger partial charge in [-0.25, -0.2) is 13.8 Å². The van der Waals surface area contributed by atoms with E-state index in [2.05, 4.69) is 20.9 Å². The number of nitrogens with zero attached hydrogens (tertiary/aromatic N) is 2. The molecule has 96 valence electrons. The van der Waals surface area contributed by atoms with Gasteiger partial charge in [0.1, 0.15) is 11.8 Å². The number of esters is 1. The summed E-state index contributed by atoms with van der Waals surface area (Å²) in [7, 11) is 0. The molecule has 18 heavy (non-hydrogen) atoms. The minimum absolute atomic E-state index is 0.134. The third-order valence-electron chi connectivity index (χ3n) is 2.00. The number of alkyl halides is 2. The van der Waals surface area contributed by atoms with Crippen molar-refractivity contribution in [1.29, 1.82) is 5.26 Å². The zero-order chi connectivity index (χ0) is 13.7. The highest BCUT2D eigenvalue weighted by molar-refractivity contribution is 9.10. The lowest BCUT2D eigenvalue weighted by Crippen LogP contribution is -2.10. The zero-order valence-corrected chi connectivity index (χ0v) is 11.0. The van der Waals surface area contributed by atoms with Gasteiger partial charge in [-0.15, -0.1) is 0 Å². The fraction of sp³-hybridized carbons (Fsp3) is 0.364. The Kier molecular flexibility index (Phi) is 5.16. The van der Waals surface area contributed by atoms with Crippen LogP contribution in [0, 0.1) is 11.3 Å².